The van der Waals surface area contributed by atoms with Gasteiger partial charge >= 0.3 is 0 Å². The number of benzene rings is 2. The lowest BCUT2D eigenvalue weighted by atomic mass is 10.3. The van der Waals surface area contributed by atoms with Gasteiger partial charge in [-0.3, -0.25) is 4.90 Å². The highest BCUT2D eigenvalue weighted by Crippen LogP contribution is 2.39. The van der Waals surface area contributed by atoms with Crippen molar-refractivity contribution in [2.24, 2.45) is 0 Å². The van der Waals surface area contributed by atoms with Gasteiger partial charge in [-0.05, 0) is 38.1 Å². The van der Waals surface area contributed by atoms with Crippen LogP contribution in [-0.2, 0) is 6.54 Å². The summed E-state index contributed by atoms with van der Waals surface area (Å²) in [6, 6.07) is 13.1. The Morgan fingerprint density at radius 1 is 0.833 bits per heavy atom. The number of nitrogens with zero attached hydrogens (tertiary/aromatic N) is 6. The number of nitrogens with one attached hydrogen (secondary N) is 2. The molecule has 2 aromatic heterocycles. The third kappa shape index (κ3) is 6.64. The van der Waals surface area contributed by atoms with Gasteiger partial charge in [0, 0.05) is 57.5 Å². The molecule has 2 N–H and O–H groups in total. The SMILES string of the molecule is COc1cc(Cl)c(Oc2cc(NCc3nc4ccccc4[nH]3)nc(N3CCN(CCN4CCCC4)CC3)n2)cc1OC. The number of H-pyrrole nitrogens is 1. The first kappa shape index (κ1) is 28.3. The number of piperazine rings is 1. The fraction of sp³-hybridized carbons (Fsp3) is 0.433. The molecule has 2 aromatic carbocycles. The largest absolute Gasteiger partial charge is 0.493 e. The number of fused-ring (bicyclic) bond motifs is 1. The van der Waals surface area contributed by atoms with Gasteiger partial charge in [0.1, 0.15) is 11.6 Å². The number of anilines is 2. The van der Waals surface area contributed by atoms with Crippen LogP contribution in [0.2, 0.25) is 5.02 Å². The van der Waals surface area contributed by atoms with Crippen LogP contribution in [0.3, 0.4) is 0 Å². The fourth-order valence-electron chi connectivity index (χ4n) is 5.45. The van der Waals surface area contributed by atoms with Crippen LogP contribution in [0.25, 0.3) is 11.0 Å². The van der Waals surface area contributed by atoms with Crippen molar-refractivity contribution in [3.05, 3.63) is 53.3 Å². The molecule has 0 radical (unpaired) electrons. The predicted molar refractivity (Wildman–Crippen MR) is 164 cm³/mol. The lowest BCUT2D eigenvalue weighted by Crippen LogP contribution is -2.48. The molecule has 4 heterocycles. The molecule has 0 spiro atoms. The average molecular weight is 593 g/mol. The number of likely N-dealkylation sites (tertiary alicyclic amines) is 1. The van der Waals surface area contributed by atoms with E-state index in [-0.39, 0.29) is 0 Å². The highest BCUT2D eigenvalue weighted by atomic mass is 35.5. The van der Waals surface area contributed by atoms with Crippen molar-refractivity contribution in [2.75, 3.05) is 76.8 Å². The number of hydrogen-bond donors (Lipinski definition) is 2. The molecule has 0 bridgehead atoms. The van der Waals surface area contributed by atoms with Crippen LogP contribution < -0.4 is 24.4 Å². The third-order valence-corrected chi connectivity index (χ3v) is 8.10. The normalized spacial score (nSPS) is 16.2. The first-order valence-corrected chi connectivity index (χ1v) is 14.8. The van der Waals surface area contributed by atoms with Gasteiger partial charge in [-0.15, -0.1) is 0 Å². The summed E-state index contributed by atoms with van der Waals surface area (Å²) in [5.41, 5.74) is 1.92. The van der Waals surface area contributed by atoms with Crippen LogP contribution in [0.4, 0.5) is 11.8 Å². The first-order chi connectivity index (χ1) is 20.6. The molecule has 42 heavy (non-hydrogen) atoms. The van der Waals surface area contributed by atoms with Crippen LogP contribution in [-0.4, -0.2) is 96.3 Å². The smallest absolute Gasteiger partial charge is 0.230 e. The Morgan fingerprint density at radius 3 is 2.29 bits per heavy atom. The number of imidazole rings is 1. The maximum Gasteiger partial charge on any atom is 0.230 e. The van der Waals surface area contributed by atoms with Gasteiger partial charge in [-0.2, -0.15) is 9.97 Å². The Hall–Kier alpha value is -3.80. The summed E-state index contributed by atoms with van der Waals surface area (Å²) in [5.74, 6) is 3.87. The van der Waals surface area contributed by atoms with Crippen molar-refractivity contribution < 1.29 is 14.2 Å². The minimum atomic E-state index is 0.373. The topological polar surface area (TPSA) is 104 Å². The highest BCUT2D eigenvalue weighted by molar-refractivity contribution is 6.32. The maximum absolute atomic E-state index is 6.54. The van der Waals surface area contributed by atoms with E-state index in [1.165, 1.54) is 25.9 Å². The summed E-state index contributed by atoms with van der Waals surface area (Å²) < 4.78 is 17.0. The molecule has 0 amide bonds. The van der Waals surface area contributed by atoms with E-state index in [1.807, 2.05) is 24.3 Å². The minimum Gasteiger partial charge on any atom is -0.493 e. The number of hydrogen-bond acceptors (Lipinski definition) is 10. The molecule has 11 nitrogen and oxygen atoms in total. The van der Waals surface area contributed by atoms with Crippen molar-refractivity contribution in [1.29, 1.82) is 0 Å². The van der Waals surface area contributed by atoms with E-state index >= 15 is 0 Å². The summed E-state index contributed by atoms with van der Waals surface area (Å²) in [5, 5.41) is 3.78. The summed E-state index contributed by atoms with van der Waals surface area (Å²) >= 11 is 6.54. The molecule has 4 aromatic rings. The number of rotatable bonds is 11. The van der Waals surface area contributed by atoms with Gasteiger partial charge in [-0.25, -0.2) is 4.98 Å². The molecule has 2 aliphatic rings. The van der Waals surface area contributed by atoms with E-state index in [1.54, 1.807) is 32.4 Å². The Balaban J connectivity index is 1.20. The van der Waals surface area contributed by atoms with Crippen LogP contribution in [0.15, 0.2) is 42.5 Å². The summed E-state index contributed by atoms with van der Waals surface area (Å²) in [6.07, 6.45) is 2.65. The highest BCUT2D eigenvalue weighted by Gasteiger charge is 2.22. The second-order valence-corrected chi connectivity index (χ2v) is 11.0. The van der Waals surface area contributed by atoms with Gasteiger partial charge < -0.3 is 34.3 Å². The number of para-hydroxylation sites is 2. The van der Waals surface area contributed by atoms with E-state index < -0.39 is 0 Å². The van der Waals surface area contributed by atoms with Crippen LogP contribution in [0.1, 0.15) is 18.7 Å². The molecule has 0 atom stereocenters. The molecule has 2 saturated heterocycles. The molecule has 222 valence electrons. The molecule has 2 fully saturated rings. The van der Waals surface area contributed by atoms with Crippen molar-refractivity contribution in [1.82, 2.24) is 29.7 Å². The summed E-state index contributed by atoms with van der Waals surface area (Å²) in [4.78, 5) is 25.0. The summed E-state index contributed by atoms with van der Waals surface area (Å²) in [6.45, 7) is 8.76. The Bertz CT molecular complexity index is 1470. The van der Waals surface area contributed by atoms with Gasteiger partial charge in [0.05, 0.1) is 36.8 Å². The van der Waals surface area contributed by atoms with Crippen molar-refractivity contribution >= 4 is 34.4 Å². The van der Waals surface area contributed by atoms with E-state index in [9.17, 15) is 0 Å². The fourth-order valence-corrected chi connectivity index (χ4v) is 5.64. The quantitative estimate of drug-likeness (QED) is 0.256. The molecular formula is C30H37ClN8O3. The third-order valence-electron chi connectivity index (χ3n) is 7.81. The molecule has 12 heteroatoms. The standard InChI is InChI=1S/C30H37ClN8O3/c1-40-25-17-21(31)24(18-26(25)41-2)42-29-19-27(32-20-28-33-22-7-3-4-8-23(22)34-28)35-30(36-29)39-15-13-38(14-16-39)12-11-37-9-5-6-10-37/h3-4,7-8,17-19H,5-6,9-16,20H2,1-2H3,(H,33,34)(H,32,35,36). The first-order valence-electron chi connectivity index (χ1n) is 14.4. The molecule has 0 aliphatic carbocycles. The molecule has 0 saturated carbocycles. The monoisotopic (exact) mass is 592 g/mol. The van der Waals surface area contributed by atoms with Gasteiger partial charge in [-0.1, -0.05) is 23.7 Å². The second-order valence-electron chi connectivity index (χ2n) is 10.6. The number of aromatic nitrogens is 4. The number of aromatic amines is 1. The molecule has 2 aliphatic heterocycles. The van der Waals surface area contributed by atoms with Gasteiger partial charge in [0.2, 0.25) is 11.8 Å². The van der Waals surface area contributed by atoms with Crippen molar-refractivity contribution in [3.8, 4) is 23.1 Å². The van der Waals surface area contributed by atoms with Crippen LogP contribution in [0, 0.1) is 0 Å². The van der Waals surface area contributed by atoms with Crippen molar-refractivity contribution in [3.63, 3.8) is 0 Å². The minimum absolute atomic E-state index is 0.373. The van der Waals surface area contributed by atoms with E-state index in [2.05, 4.69) is 30.0 Å². The van der Waals surface area contributed by atoms with E-state index in [0.29, 0.717) is 46.5 Å². The second kappa shape index (κ2) is 13.0. The van der Waals surface area contributed by atoms with Gasteiger partial charge in [0.25, 0.3) is 0 Å². The van der Waals surface area contributed by atoms with E-state index in [4.69, 9.17) is 35.8 Å². The number of halogens is 1. The zero-order valence-corrected chi connectivity index (χ0v) is 24.9. The number of ether oxygens (including phenoxy) is 3. The molecule has 6 rings (SSSR count). The lowest BCUT2D eigenvalue weighted by molar-refractivity contribution is 0.215. The Morgan fingerprint density at radius 2 is 1.55 bits per heavy atom. The van der Waals surface area contributed by atoms with Gasteiger partial charge in [0.15, 0.2) is 17.2 Å². The number of methoxy groups -OCH3 is 2. The van der Waals surface area contributed by atoms with Crippen LogP contribution >= 0.6 is 11.6 Å². The molecular weight excluding hydrogens is 556 g/mol. The zero-order valence-electron chi connectivity index (χ0n) is 24.1. The Labute approximate surface area is 250 Å². The van der Waals surface area contributed by atoms with E-state index in [0.717, 1.165) is 56.1 Å². The molecule has 0 unspecified atom stereocenters. The van der Waals surface area contributed by atoms with Crippen LogP contribution in [0.5, 0.6) is 23.1 Å². The average Bonchev–Trinajstić information content (AvgIpc) is 3.70. The Kier molecular flexibility index (Phi) is 8.78. The van der Waals surface area contributed by atoms with Crippen molar-refractivity contribution in [2.45, 2.75) is 19.4 Å². The zero-order chi connectivity index (χ0) is 28.9. The predicted octanol–water partition coefficient (Wildman–Crippen LogP) is 4.65. The summed E-state index contributed by atoms with van der Waals surface area (Å²) in [7, 11) is 3.14. The maximum atomic E-state index is 6.54. The lowest BCUT2D eigenvalue weighted by Gasteiger charge is -2.35.